The molecule has 7 nitrogen and oxygen atoms in total. The molecule has 0 radical (unpaired) electrons. The zero-order chi connectivity index (χ0) is 20.1. The molecule has 28 heavy (non-hydrogen) atoms. The highest BCUT2D eigenvalue weighted by Crippen LogP contribution is 2.32. The number of methoxy groups -OCH3 is 1. The summed E-state index contributed by atoms with van der Waals surface area (Å²) in [5.41, 5.74) is 0.511. The maximum Gasteiger partial charge on any atom is 0.387 e. The molecule has 3 rings (SSSR count). The lowest BCUT2D eigenvalue weighted by molar-refractivity contribution is -0.0512. The van der Waals surface area contributed by atoms with Crippen LogP contribution in [0.5, 0.6) is 23.0 Å². The van der Waals surface area contributed by atoms with E-state index < -0.39 is 16.6 Å². The molecule has 0 aliphatic carbocycles. The first-order valence-electron chi connectivity index (χ1n) is 8.40. The van der Waals surface area contributed by atoms with E-state index in [1.165, 1.54) is 37.4 Å². The molecule has 2 aromatic carbocycles. The summed E-state index contributed by atoms with van der Waals surface area (Å²) < 4.78 is 72.8. The summed E-state index contributed by atoms with van der Waals surface area (Å²) >= 11 is 0. The lowest BCUT2D eigenvalue weighted by Gasteiger charge is -2.13. The zero-order valence-corrected chi connectivity index (χ0v) is 15.8. The summed E-state index contributed by atoms with van der Waals surface area (Å²) in [4.78, 5) is 0.0290. The maximum absolute atomic E-state index is 12.6. The van der Waals surface area contributed by atoms with Crippen molar-refractivity contribution in [2.24, 2.45) is 0 Å². The van der Waals surface area contributed by atoms with Crippen molar-refractivity contribution in [3.05, 3.63) is 42.0 Å². The summed E-state index contributed by atoms with van der Waals surface area (Å²) in [6, 6.07) is 8.57. The van der Waals surface area contributed by atoms with E-state index in [9.17, 15) is 17.2 Å². The van der Waals surface area contributed by atoms with E-state index in [1.807, 2.05) is 0 Å². The van der Waals surface area contributed by atoms with Crippen LogP contribution in [-0.2, 0) is 16.6 Å². The van der Waals surface area contributed by atoms with Crippen LogP contribution in [0.15, 0.2) is 41.3 Å². The first kappa shape index (κ1) is 20.2. The van der Waals surface area contributed by atoms with Crippen LogP contribution in [0.25, 0.3) is 0 Å². The quantitative estimate of drug-likeness (QED) is 0.749. The van der Waals surface area contributed by atoms with Gasteiger partial charge in [0.15, 0.2) is 23.0 Å². The van der Waals surface area contributed by atoms with Crippen molar-refractivity contribution in [1.29, 1.82) is 0 Å². The Hall–Kier alpha value is -2.59. The Labute approximate surface area is 161 Å². The molecule has 0 amide bonds. The Balaban J connectivity index is 1.74. The van der Waals surface area contributed by atoms with Gasteiger partial charge in [0, 0.05) is 19.0 Å². The van der Waals surface area contributed by atoms with Crippen LogP contribution in [0, 0.1) is 0 Å². The third-order valence-corrected chi connectivity index (χ3v) is 5.34. The van der Waals surface area contributed by atoms with Gasteiger partial charge >= 0.3 is 6.61 Å². The molecule has 1 N–H and O–H groups in total. The number of hydrogen-bond acceptors (Lipinski definition) is 6. The van der Waals surface area contributed by atoms with Crippen LogP contribution in [0.2, 0.25) is 0 Å². The van der Waals surface area contributed by atoms with E-state index in [0.717, 1.165) is 0 Å². The minimum atomic E-state index is -3.83. The molecule has 0 atom stereocenters. The molecule has 152 valence electrons. The Bertz CT molecular complexity index is 936. The van der Waals surface area contributed by atoms with Gasteiger partial charge in [0.05, 0.1) is 25.2 Å². The molecule has 0 fully saturated rings. The van der Waals surface area contributed by atoms with Crippen molar-refractivity contribution in [3.8, 4) is 23.0 Å². The monoisotopic (exact) mass is 415 g/mol. The van der Waals surface area contributed by atoms with Gasteiger partial charge in [-0.3, -0.25) is 0 Å². The zero-order valence-electron chi connectivity index (χ0n) is 15.0. The van der Waals surface area contributed by atoms with Gasteiger partial charge in [-0.25, -0.2) is 13.1 Å². The van der Waals surface area contributed by atoms with Gasteiger partial charge in [0.25, 0.3) is 0 Å². The van der Waals surface area contributed by atoms with E-state index in [4.69, 9.17) is 14.2 Å². The predicted octanol–water partition coefficient (Wildman–Crippen LogP) is 2.94. The molecule has 0 saturated carbocycles. The van der Waals surface area contributed by atoms with Crippen LogP contribution in [0.1, 0.15) is 12.0 Å². The summed E-state index contributed by atoms with van der Waals surface area (Å²) in [5.74, 6) is 0.811. The number of rotatable bonds is 7. The third kappa shape index (κ3) is 4.82. The molecule has 10 heteroatoms. The second-order valence-electron chi connectivity index (χ2n) is 5.85. The highest BCUT2D eigenvalue weighted by Gasteiger charge is 2.19. The first-order chi connectivity index (χ1) is 13.4. The second kappa shape index (κ2) is 8.61. The minimum absolute atomic E-state index is 0.0290. The fraction of sp³-hybridized carbons (Fsp3) is 0.333. The summed E-state index contributed by atoms with van der Waals surface area (Å²) in [6.45, 7) is -2.11. The maximum atomic E-state index is 12.6. The SMILES string of the molecule is COc1cc(CNS(=O)(=O)c2ccc3c(c2)OCCCO3)ccc1OC(F)F. The number of sulfonamides is 1. The molecule has 1 aliphatic heterocycles. The molecule has 1 aliphatic rings. The van der Waals surface area contributed by atoms with E-state index in [0.29, 0.717) is 36.7 Å². The molecular formula is C18H19F2NO6S. The van der Waals surface area contributed by atoms with Crippen LogP contribution in [-0.4, -0.2) is 35.4 Å². The smallest absolute Gasteiger partial charge is 0.387 e. The van der Waals surface area contributed by atoms with Crippen molar-refractivity contribution in [3.63, 3.8) is 0 Å². The van der Waals surface area contributed by atoms with E-state index in [-0.39, 0.29) is 22.9 Å². The number of benzene rings is 2. The Morgan fingerprint density at radius 2 is 1.82 bits per heavy atom. The van der Waals surface area contributed by atoms with Crippen molar-refractivity contribution < 1.29 is 36.1 Å². The molecule has 2 aromatic rings. The molecule has 0 unspecified atom stereocenters. The fourth-order valence-electron chi connectivity index (χ4n) is 2.59. The van der Waals surface area contributed by atoms with Crippen LogP contribution in [0.4, 0.5) is 8.78 Å². The molecule has 0 saturated heterocycles. The summed E-state index contributed by atoms with van der Waals surface area (Å²) in [6.07, 6.45) is 0.710. The number of fused-ring (bicyclic) bond motifs is 1. The molecular weight excluding hydrogens is 396 g/mol. The van der Waals surface area contributed by atoms with Crippen LogP contribution < -0.4 is 23.7 Å². The number of ether oxygens (including phenoxy) is 4. The summed E-state index contributed by atoms with van der Waals surface area (Å²) in [7, 11) is -2.53. The molecule has 0 bridgehead atoms. The normalized spacial score (nSPS) is 13.9. The average Bonchev–Trinajstić information content (AvgIpc) is 2.91. The van der Waals surface area contributed by atoms with Crippen LogP contribution >= 0.6 is 0 Å². The Morgan fingerprint density at radius 3 is 2.54 bits per heavy atom. The van der Waals surface area contributed by atoms with Gasteiger partial charge in [0.2, 0.25) is 10.0 Å². The highest BCUT2D eigenvalue weighted by molar-refractivity contribution is 7.89. The average molecular weight is 415 g/mol. The second-order valence-corrected chi connectivity index (χ2v) is 7.61. The van der Waals surface area contributed by atoms with Crippen molar-refractivity contribution in [1.82, 2.24) is 4.72 Å². The van der Waals surface area contributed by atoms with Gasteiger partial charge in [-0.1, -0.05) is 6.07 Å². The summed E-state index contributed by atoms with van der Waals surface area (Å²) in [5, 5.41) is 0. The standard InChI is InChI=1S/C18H19F2NO6S/c1-24-16-9-12(3-5-15(16)27-18(19)20)11-21-28(22,23)13-4-6-14-17(10-13)26-8-2-7-25-14/h3-6,9-10,18,21H,2,7-8,11H2,1H3. The van der Waals surface area contributed by atoms with E-state index >= 15 is 0 Å². The van der Waals surface area contributed by atoms with Gasteiger partial charge in [-0.2, -0.15) is 8.78 Å². The van der Waals surface area contributed by atoms with Crippen molar-refractivity contribution >= 4 is 10.0 Å². The number of nitrogens with one attached hydrogen (secondary N) is 1. The molecule has 0 spiro atoms. The van der Waals surface area contributed by atoms with E-state index in [2.05, 4.69) is 9.46 Å². The first-order valence-corrected chi connectivity index (χ1v) is 9.88. The number of halogens is 2. The third-order valence-electron chi connectivity index (χ3n) is 3.94. The lowest BCUT2D eigenvalue weighted by atomic mass is 10.2. The fourth-order valence-corrected chi connectivity index (χ4v) is 3.62. The Morgan fingerprint density at radius 1 is 1.07 bits per heavy atom. The molecule has 1 heterocycles. The van der Waals surface area contributed by atoms with Gasteiger partial charge < -0.3 is 18.9 Å². The van der Waals surface area contributed by atoms with Crippen molar-refractivity contribution in [2.45, 2.75) is 24.5 Å². The van der Waals surface area contributed by atoms with Gasteiger partial charge in [-0.05, 0) is 29.8 Å². The van der Waals surface area contributed by atoms with Crippen molar-refractivity contribution in [2.75, 3.05) is 20.3 Å². The van der Waals surface area contributed by atoms with Crippen LogP contribution in [0.3, 0.4) is 0 Å². The van der Waals surface area contributed by atoms with E-state index in [1.54, 1.807) is 6.07 Å². The highest BCUT2D eigenvalue weighted by atomic mass is 32.2. The predicted molar refractivity (Wildman–Crippen MR) is 95.7 cm³/mol. The Kier molecular flexibility index (Phi) is 6.20. The lowest BCUT2D eigenvalue weighted by Crippen LogP contribution is -2.23. The van der Waals surface area contributed by atoms with Gasteiger partial charge in [-0.15, -0.1) is 0 Å². The topological polar surface area (TPSA) is 83.1 Å². The largest absolute Gasteiger partial charge is 0.493 e. The number of alkyl halides is 2. The van der Waals surface area contributed by atoms with Gasteiger partial charge in [0.1, 0.15) is 0 Å². The molecule has 0 aromatic heterocycles. The minimum Gasteiger partial charge on any atom is -0.493 e. The number of hydrogen-bond donors (Lipinski definition) is 1.